The number of hydrogen-bond acceptors (Lipinski definition) is 4. The normalized spacial score (nSPS) is 10.0. The molecule has 2 amide bonds. The van der Waals surface area contributed by atoms with Crippen LogP contribution in [-0.4, -0.2) is 16.2 Å². The van der Waals surface area contributed by atoms with Crippen molar-refractivity contribution in [3.63, 3.8) is 0 Å². The maximum atomic E-state index is 11.9. The molecule has 1 aromatic carbocycles. The predicted octanol–water partition coefficient (Wildman–Crippen LogP) is 2.66. The fourth-order valence-electron chi connectivity index (χ4n) is 1.51. The number of carbonyl (C=O) groups excluding carboxylic acids is 2. The molecule has 0 saturated heterocycles. The van der Waals surface area contributed by atoms with E-state index in [1.165, 1.54) is 18.5 Å². The zero-order chi connectivity index (χ0) is 13.8. The van der Waals surface area contributed by atoms with Gasteiger partial charge in [0.1, 0.15) is 5.69 Å². The molecule has 1 aromatic heterocycles. The highest BCUT2D eigenvalue weighted by Crippen LogP contribution is 2.15. The number of rotatable bonds is 3. The Morgan fingerprint density at radius 2 is 1.68 bits per heavy atom. The lowest BCUT2D eigenvalue weighted by Gasteiger charge is -2.05. The number of hydrogen-bond donors (Lipinski definition) is 2. The van der Waals surface area contributed by atoms with E-state index in [1.807, 2.05) is 6.92 Å². The molecular formula is C13H13N3O2S. The van der Waals surface area contributed by atoms with Gasteiger partial charge in [-0.25, -0.2) is 0 Å². The second-order valence-electron chi connectivity index (χ2n) is 4.04. The van der Waals surface area contributed by atoms with E-state index in [1.54, 1.807) is 30.3 Å². The molecule has 0 unspecified atom stereocenters. The average Bonchev–Trinajstić information content (AvgIpc) is 2.78. The number of anilines is 2. The minimum absolute atomic E-state index is 0.130. The van der Waals surface area contributed by atoms with Crippen molar-refractivity contribution in [2.24, 2.45) is 0 Å². The quantitative estimate of drug-likeness (QED) is 0.904. The summed E-state index contributed by atoms with van der Waals surface area (Å²) in [6, 6.07) is 8.64. The molecule has 2 aromatic rings. The Kier molecular flexibility index (Phi) is 3.91. The maximum absolute atomic E-state index is 11.9. The average molecular weight is 275 g/mol. The van der Waals surface area contributed by atoms with Gasteiger partial charge < -0.3 is 10.6 Å². The fraction of sp³-hybridized carbons (Fsp3) is 0.154. The second kappa shape index (κ2) is 5.62. The molecule has 2 rings (SSSR count). The van der Waals surface area contributed by atoms with Gasteiger partial charge in [-0.3, -0.25) is 9.59 Å². The van der Waals surface area contributed by atoms with Crippen LogP contribution in [-0.2, 0) is 4.79 Å². The minimum atomic E-state index is -0.239. The van der Waals surface area contributed by atoms with E-state index in [9.17, 15) is 9.59 Å². The topological polar surface area (TPSA) is 71.1 Å². The van der Waals surface area contributed by atoms with Gasteiger partial charge in [0.05, 0.1) is 0 Å². The summed E-state index contributed by atoms with van der Waals surface area (Å²) in [5.41, 5.74) is 1.76. The SMILES string of the molecule is CC(=O)Nc1ccc(NC(=O)c2cc(C)sn2)cc1. The van der Waals surface area contributed by atoms with E-state index >= 15 is 0 Å². The van der Waals surface area contributed by atoms with Crippen LogP contribution in [0.25, 0.3) is 0 Å². The second-order valence-corrected chi connectivity index (χ2v) is 5.04. The highest BCUT2D eigenvalue weighted by molar-refractivity contribution is 7.05. The molecule has 0 fully saturated rings. The first-order chi connectivity index (χ1) is 9.04. The van der Waals surface area contributed by atoms with E-state index in [4.69, 9.17) is 0 Å². The van der Waals surface area contributed by atoms with Gasteiger partial charge >= 0.3 is 0 Å². The van der Waals surface area contributed by atoms with Crippen molar-refractivity contribution < 1.29 is 9.59 Å². The van der Waals surface area contributed by atoms with Crippen molar-refractivity contribution in [3.05, 3.63) is 40.9 Å². The monoisotopic (exact) mass is 275 g/mol. The number of benzene rings is 1. The van der Waals surface area contributed by atoms with E-state index < -0.39 is 0 Å². The van der Waals surface area contributed by atoms with E-state index in [-0.39, 0.29) is 11.8 Å². The molecule has 98 valence electrons. The van der Waals surface area contributed by atoms with Gasteiger partial charge in [0.25, 0.3) is 5.91 Å². The number of nitrogens with one attached hydrogen (secondary N) is 2. The third-order valence-electron chi connectivity index (χ3n) is 2.32. The molecule has 6 heteroatoms. The van der Waals surface area contributed by atoms with Gasteiger partial charge in [0.2, 0.25) is 5.91 Å². The Morgan fingerprint density at radius 1 is 1.11 bits per heavy atom. The van der Waals surface area contributed by atoms with Crippen molar-refractivity contribution >= 4 is 34.7 Å². The highest BCUT2D eigenvalue weighted by Gasteiger charge is 2.09. The van der Waals surface area contributed by atoms with Crippen molar-refractivity contribution in [1.29, 1.82) is 0 Å². The molecule has 0 saturated carbocycles. The molecule has 0 aliphatic heterocycles. The van der Waals surface area contributed by atoms with Gasteiger partial charge in [-0.1, -0.05) is 0 Å². The molecule has 19 heavy (non-hydrogen) atoms. The minimum Gasteiger partial charge on any atom is -0.326 e. The lowest BCUT2D eigenvalue weighted by atomic mass is 10.2. The van der Waals surface area contributed by atoms with Crippen LogP contribution in [0.2, 0.25) is 0 Å². The maximum Gasteiger partial charge on any atom is 0.275 e. The van der Waals surface area contributed by atoms with Crippen LogP contribution in [0, 0.1) is 6.92 Å². The summed E-state index contributed by atoms with van der Waals surface area (Å²) in [4.78, 5) is 23.7. The van der Waals surface area contributed by atoms with Crippen LogP contribution in [0.15, 0.2) is 30.3 Å². The Labute approximate surface area is 114 Å². The van der Waals surface area contributed by atoms with Crippen LogP contribution in [0.5, 0.6) is 0 Å². The largest absolute Gasteiger partial charge is 0.326 e. The van der Waals surface area contributed by atoms with Crippen molar-refractivity contribution in [1.82, 2.24) is 4.37 Å². The summed E-state index contributed by atoms with van der Waals surface area (Å²) in [6.45, 7) is 3.34. The van der Waals surface area contributed by atoms with Crippen molar-refractivity contribution in [3.8, 4) is 0 Å². The Balaban J connectivity index is 2.03. The van der Waals surface area contributed by atoms with Crippen molar-refractivity contribution in [2.75, 3.05) is 10.6 Å². The smallest absolute Gasteiger partial charge is 0.275 e. The zero-order valence-electron chi connectivity index (χ0n) is 10.6. The third-order valence-corrected chi connectivity index (χ3v) is 3.02. The summed E-state index contributed by atoms with van der Waals surface area (Å²) in [7, 11) is 0. The summed E-state index contributed by atoms with van der Waals surface area (Å²) in [5, 5.41) is 5.40. The number of aryl methyl sites for hydroxylation is 1. The van der Waals surface area contributed by atoms with Crippen LogP contribution in [0.3, 0.4) is 0 Å². The van der Waals surface area contributed by atoms with E-state index in [0.717, 1.165) is 4.88 Å². The lowest BCUT2D eigenvalue weighted by Crippen LogP contribution is -2.12. The fourth-order valence-corrected chi connectivity index (χ4v) is 2.05. The van der Waals surface area contributed by atoms with Crippen LogP contribution in [0.4, 0.5) is 11.4 Å². The summed E-state index contributed by atoms with van der Waals surface area (Å²) in [5.74, 6) is -0.369. The number of amides is 2. The first kappa shape index (κ1) is 13.2. The van der Waals surface area contributed by atoms with Crippen LogP contribution >= 0.6 is 11.5 Å². The molecule has 0 atom stereocenters. The summed E-state index contributed by atoms with van der Waals surface area (Å²) in [6.07, 6.45) is 0. The van der Waals surface area contributed by atoms with Crippen LogP contribution < -0.4 is 10.6 Å². The van der Waals surface area contributed by atoms with Gasteiger partial charge in [0.15, 0.2) is 0 Å². The predicted molar refractivity (Wildman–Crippen MR) is 75.5 cm³/mol. The molecule has 0 radical (unpaired) electrons. The molecule has 0 spiro atoms. The Bertz CT molecular complexity index is 605. The molecule has 0 bridgehead atoms. The first-order valence-corrected chi connectivity index (χ1v) is 6.44. The number of carbonyl (C=O) groups is 2. The number of aromatic nitrogens is 1. The summed E-state index contributed by atoms with van der Waals surface area (Å²) < 4.78 is 4.04. The highest BCUT2D eigenvalue weighted by atomic mass is 32.1. The van der Waals surface area contributed by atoms with Gasteiger partial charge in [-0.05, 0) is 48.8 Å². The van der Waals surface area contributed by atoms with Crippen molar-refractivity contribution in [2.45, 2.75) is 13.8 Å². The third kappa shape index (κ3) is 3.62. The number of nitrogens with zero attached hydrogens (tertiary/aromatic N) is 1. The lowest BCUT2D eigenvalue weighted by molar-refractivity contribution is -0.114. The molecule has 1 heterocycles. The van der Waals surface area contributed by atoms with Gasteiger partial charge in [0, 0.05) is 23.2 Å². The van der Waals surface area contributed by atoms with Gasteiger partial charge in [-0.2, -0.15) is 4.37 Å². The molecule has 5 nitrogen and oxygen atoms in total. The summed E-state index contributed by atoms with van der Waals surface area (Å²) >= 11 is 1.29. The first-order valence-electron chi connectivity index (χ1n) is 5.67. The molecular weight excluding hydrogens is 262 g/mol. The molecule has 0 aliphatic carbocycles. The molecule has 2 N–H and O–H groups in total. The van der Waals surface area contributed by atoms with Gasteiger partial charge in [-0.15, -0.1) is 0 Å². The standard InChI is InChI=1S/C13H13N3O2S/c1-8-7-12(16-19-8)13(18)15-11-5-3-10(4-6-11)14-9(2)17/h3-7H,1-2H3,(H,14,17)(H,15,18). The zero-order valence-corrected chi connectivity index (χ0v) is 11.4. The Hall–Kier alpha value is -2.21. The van der Waals surface area contributed by atoms with E-state index in [0.29, 0.717) is 17.1 Å². The van der Waals surface area contributed by atoms with Crippen LogP contribution in [0.1, 0.15) is 22.3 Å². The molecule has 0 aliphatic rings. The van der Waals surface area contributed by atoms with E-state index in [2.05, 4.69) is 15.0 Å². The Morgan fingerprint density at radius 3 is 2.16 bits per heavy atom.